The largest absolute Gasteiger partial charge is 0.343 e. The van der Waals surface area contributed by atoms with Gasteiger partial charge in [0.1, 0.15) is 0 Å². The summed E-state index contributed by atoms with van der Waals surface area (Å²) in [5.74, 6) is 0.135. The second-order valence-corrected chi connectivity index (χ2v) is 5.59. The lowest BCUT2D eigenvalue weighted by atomic mass is 10.1. The van der Waals surface area contributed by atoms with Crippen LogP contribution in [0.2, 0.25) is 0 Å². The van der Waals surface area contributed by atoms with Crippen LogP contribution in [-0.2, 0) is 11.2 Å². The number of rotatable bonds is 7. The number of aryl methyl sites for hydroxylation is 1. The number of fused-ring (bicyclic) bond motifs is 1. The molecule has 2 aromatic rings. The summed E-state index contributed by atoms with van der Waals surface area (Å²) in [6.45, 7) is 5.73. The van der Waals surface area contributed by atoms with E-state index in [1.807, 2.05) is 35.2 Å². The first-order chi connectivity index (χ1) is 10.7. The van der Waals surface area contributed by atoms with E-state index in [4.69, 9.17) is 0 Å². The first kappa shape index (κ1) is 16.3. The van der Waals surface area contributed by atoms with Gasteiger partial charge in [-0.2, -0.15) is 0 Å². The molecule has 0 saturated heterocycles. The molecule has 1 aromatic heterocycles. The summed E-state index contributed by atoms with van der Waals surface area (Å²) in [5, 5.41) is 1.00. The van der Waals surface area contributed by atoms with E-state index in [2.05, 4.69) is 18.8 Å². The van der Waals surface area contributed by atoms with Gasteiger partial charge in [-0.05, 0) is 36.8 Å². The molecule has 0 unspecified atom stereocenters. The Morgan fingerprint density at radius 1 is 1.14 bits per heavy atom. The summed E-state index contributed by atoms with van der Waals surface area (Å²) in [6, 6.07) is 9.59. The Kier molecular flexibility index (Phi) is 5.75. The number of carbonyl (C=O) groups excluding carboxylic acids is 1. The lowest BCUT2D eigenvalue weighted by Gasteiger charge is -2.21. The highest BCUT2D eigenvalue weighted by Crippen LogP contribution is 2.11. The fourth-order valence-corrected chi connectivity index (χ4v) is 2.68. The van der Waals surface area contributed by atoms with Crippen molar-refractivity contribution in [2.24, 2.45) is 0 Å². The summed E-state index contributed by atoms with van der Waals surface area (Å²) < 4.78 is 0. The van der Waals surface area contributed by atoms with Crippen LogP contribution < -0.4 is 5.56 Å². The fourth-order valence-electron chi connectivity index (χ4n) is 2.68. The molecule has 22 heavy (non-hydrogen) atoms. The Balaban J connectivity index is 2.09. The predicted molar refractivity (Wildman–Crippen MR) is 90.1 cm³/mol. The number of para-hydroxylation sites is 1. The summed E-state index contributed by atoms with van der Waals surface area (Å²) in [5.41, 5.74) is 1.42. The molecule has 0 fully saturated rings. The molecular weight excluding hydrogens is 276 g/mol. The molecule has 0 saturated carbocycles. The molecule has 0 aliphatic carbocycles. The maximum absolute atomic E-state index is 12.3. The van der Waals surface area contributed by atoms with Crippen molar-refractivity contribution in [2.75, 3.05) is 13.1 Å². The third-order valence-corrected chi connectivity index (χ3v) is 3.78. The number of hydrogen-bond donors (Lipinski definition) is 1. The first-order valence-corrected chi connectivity index (χ1v) is 8.04. The zero-order valence-electron chi connectivity index (χ0n) is 13.4. The number of H-pyrrole nitrogens is 1. The minimum Gasteiger partial charge on any atom is -0.343 e. The third kappa shape index (κ3) is 3.97. The molecule has 0 radical (unpaired) electrons. The van der Waals surface area contributed by atoms with E-state index in [1.54, 1.807) is 0 Å². The van der Waals surface area contributed by atoms with Gasteiger partial charge in [0.15, 0.2) is 0 Å². The zero-order chi connectivity index (χ0) is 15.9. The molecule has 1 amide bonds. The zero-order valence-corrected chi connectivity index (χ0v) is 13.4. The SMILES string of the molecule is CCCN(CCC)C(=O)CCc1cc2ccccc2[nH]c1=O. The van der Waals surface area contributed by atoms with E-state index < -0.39 is 0 Å². The Morgan fingerprint density at radius 3 is 2.50 bits per heavy atom. The molecule has 0 aliphatic heterocycles. The van der Waals surface area contributed by atoms with Crippen molar-refractivity contribution in [2.45, 2.75) is 39.5 Å². The monoisotopic (exact) mass is 300 g/mol. The van der Waals surface area contributed by atoms with Gasteiger partial charge < -0.3 is 9.88 Å². The second kappa shape index (κ2) is 7.78. The summed E-state index contributed by atoms with van der Waals surface area (Å²) in [4.78, 5) is 29.2. The highest BCUT2D eigenvalue weighted by molar-refractivity contribution is 5.79. The Hall–Kier alpha value is -2.10. The van der Waals surface area contributed by atoms with Crippen LogP contribution in [0.1, 0.15) is 38.7 Å². The molecule has 0 atom stereocenters. The number of aromatic nitrogens is 1. The van der Waals surface area contributed by atoms with Gasteiger partial charge >= 0.3 is 0 Å². The second-order valence-electron chi connectivity index (χ2n) is 5.59. The molecule has 1 heterocycles. The molecule has 0 aliphatic rings. The quantitative estimate of drug-likeness (QED) is 0.854. The summed E-state index contributed by atoms with van der Waals surface area (Å²) >= 11 is 0. The molecule has 118 valence electrons. The van der Waals surface area contributed by atoms with Crippen molar-refractivity contribution in [1.29, 1.82) is 0 Å². The number of amides is 1. The van der Waals surface area contributed by atoms with Crippen molar-refractivity contribution in [3.05, 3.63) is 46.2 Å². The Morgan fingerprint density at radius 2 is 1.82 bits per heavy atom. The van der Waals surface area contributed by atoms with E-state index in [1.165, 1.54) is 0 Å². The van der Waals surface area contributed by atoms with Gasteiger partial charge in [0.25, 0.3) is 5.56 Å². The van der Waals surface area contributed by atoms with Crippen LogP contribution in [0.3, 0.4) is 0 Å². The molecular formula is C18H24N2O2. The van der Waals surface area contributed by atoms with E-state index >= 15 is 0 Å². The first-order valence-electron chi connectivity index (χ1n) is 8.04. The van der Waals surface area contributed by atoms with Gasteiger partial charge in [-0.25, -0.2) is 0 Å². The average Bonchev–Trinajstić information content (AvgIpc) is 2.52. The molecule has 2 rings (SSSR count). The highest BCUT2D eigenvalue weighted by atomic mass is 16.2. The van der Waals surface area contributed by atoms with Crippen LogP contribution in [0.15, 0.2) is 35.1 Å². The summed E-state index contributed by atoms with van der Waals surface area (Å²) in [6.07, 6.45) is 2.80. The molecule has 0 bridgehead atoms. The average molecular weight is 300 g/mol. The van der Waals surface area contributed by atoms with Crippen molar-refractivity contribution < 1.29 is 4.79 Å². The number of benzene rings is 1. The lowest BCUT2D eigenvalue weighted by Crippen LogP contribution is -2.33. The molecule has 4 heteroatoms. The van der Waals surface area contributed by atoms with Gasteiger partial charge in [-0.15, -0.1) is 0 Å². The van der Waals surface area contributed by atoms with Crippen molar-refractivity contribution >= 4 is 16.8 Å². The predicted octanol–water partition coefficient (Wildman–Crippen LogP) is 3.11. The van der Waals surface area contributed by atoms with Crippen LogP contribution in [0.4, 0.5) is 0 Å². The number of pyridine rings is 1. The standard InChI is InChI=1S/C18H24N2O2/c1-3-11-20(12-4-2)17(21)10-9-15-13-14-7-5-6-8-16(14)19-18(15)22/h5-8,13H,3-4,9-12H2,1-2H3,(H,19,22). The van der Waals surface area contributed by atoms with E-state index in [0.29, 0.717) is 18.4 Å². The maximum Gasteiger partial charge on any atom is 0.251 e. The van der Waals surface area contributed by atoms with Gasteiger partial charge in [-0.3, -0.25) is 9.59 Å². The number of nitrogens with zero attached hydrogens (tertiary/aromatic N) is 1. The third-order valence-electron chi connectivity index (χ3n) is 3.78. The van der Waals surface area contributed by atoms with E-state index in [9.17, 15) is 9.59 Å². The van der Waals surface area contributed by atoms with Crippen molar-refractivity contribution in [3.8, 4) is 0 Å². The highest BCUT2D eigenvalue weighted by Gasteiger charge is 2.13. The van der Waals surface area contributed by atoms with Crippen LogP contribution in [0.5, 0.6) is 0 Å². The van der Waals surface area contributed by atoms with Gasteiger partial charge in [0.2, 0.25) is 5.91 Å². The number of nitrogens with one attached hydrogen (secondary N) is 1. The minimum absolute atomic E-state index is 0.0935. The topological polar surface area (TPSA) is 53.2 Å². The van der Waals surface area contributed by atoms with Gasteiger partial charge in [0, 0.05) is 30.6 Å². The Bertz CT molecular complexity index is 685. The lowest BCUT2D eigenvalue weighted by molar-refractivity contribution is -0.131. The maximum atomic E-state index is 12.3. The Labute approximate surface area is 131 Å². The van der Waals surface area contributed by atoms with Crippen LogP contribution >= 0.6 is 0 Å². The van der Waals surface area contributed by atoms with Crippen LogP contribution in [0, 0.1) is 0 Å². The fraction of sp³-hybridized carbons (Fsp3) is 0.444. The molecule has 4 nitrogen and oxygen atoms in total. The van der Waals surface area contributed by atoms with Crippen molar-refractivity contribution in [3.63, 3.8) is 0 Å². The normalized spacial score (nSPS) is 10.8. The molecule has 1 aromatic carbocycles. The smallest absolute Gasteiger partial charge is 0.251 e. The molecule has 0 spiro atoms. The van der Waals surface area contributed by atoms with Gasteiger partial charge in [0.05, 0.1) is 0 Å². The van der Waals surface area contributed by atoms with E-state index in [-0.39, 0.29) is 11.5 Å². The van der Waals surface area contributed by atoms with Crippen molar-refractivity contribution in [1.82, 2.24) is 9.88 Å². The number of aromatic amines is 1. The van der Waals surface area contributed by atoms with Crippen LogP contribution in [-0.4, -0.2) is 28.9 Å². The van der Waals surface area contributed by atoms with Gasteiger partial charge in [-0.1, -0.05) is 32.0 Å². The molecule has 1 N–H and O–H groups in total. The number of hydrogen-bond acceptors (Lipinski definition) is 2. The number of carbonyl (C=O) groups is 1. The van der Waals surface area contributed by atoms with Crippen LogP contribution in [0.25, 0.3) is 10.9 Å². The minimum atomic E-state index is -0.0935. The summed E-state index contributed by atoms with van der Waals surface area (Å²) in [7, 11) is 0. The van der Waals surface area contributed by atoms with E-state index in [0.717, 1.165) is 36.8 Å².